The number of carbonyl (C=O) groups excluding carboxylic acids is 1. The van der Waals surface area contributed by atoms with E-state index in [1.54, 1.807) is 42.0 Å². The third-order valence-corrected chi connectivity index (χ3v) is 7.94. The van der Waals surface area contributed by atoms with E-state index in [2.05, 4.69) is 32.0 Å². The average molecular weight is 564 g/mol. The number of carbonyl (C=O) groups is 1. The molecule has 2 aromatic carbocycles. The highest BCUT2D eigenvalue weighted by molar-refractivity contribution is 9.10. The fraction of sp³-hybridized carbons (Fsp3) is 0.250. The Morgan fingerprint density at radius 1 is 1.21 bits per heavy atom. The molecule has 1 heterocycles. The molecule has 34 heavy (non-hydrogen) atoms. The van der Waals surface area contributed by atoms with E-state index in [1.165, 1.54) is 6.07 Å². The Kier molecular flexibility index (Phi) is 8.55. The van der Waals surface area contributed by atoms with Gasteiger partial charge in [0.15, 0.2) is 0 Å². The summed E-state index contributed by atoms with van der Waals surface area (Å²) >= 11 is 9.59. The van der Waals surface area contributed by atoms with Gasteiger partial charge in [0, 0.05) is 23.3 Å². The number of hydrogen-bond acceptors (Lipinski definition) is 4. The standard InChI is InChI=1S/C24H24BrClN4O3S/c1-16-6-3-10-21(26)23(16)34(32,33)29-22(12-17(2)30-11-5-9-20(30)14-27)24(31)28-15-18-7-4-8-19(25)13-18/h3-11,13,17,22,29H,12,15H2,1-2H3,(H,28,31). The summed E-state index contributed by atoms with van der Waals surface area (Å²) in [6.07, 6.45) is 1.85. The van der Waals surface area contributed by atoms with Crippen LogP contribution in [-0.2, 0) is 21.4 Å². The summed E-state index contributed by atoms with van der Waals surface area (Å²) in [7, 11) is -4.11. The van der Waals surface area contributed by atoms with E-state index in [0.717, 1.165) is 10.0 Å². The Labute approximate surface area is 212 Å². The van der Waals surface area contributed by atoms with Crippen LogP contribution in [0, 0.1) is 18.3 Å². The molecule has 0 aliphatic rings. The van der Waals surface area contributed by atoms with Crippen LogP contribution in [0.1, 0.15) is 36.2 Å². The highest BCUT2D eigenvalue weighted by Gasteiger charge is 2.30. The van der Waals surface area contributed by atoms with E-state index in [1.807, 2.05) is 31.2 Å². The molecule has 2 unspecified atom stereocenters. The SMILES string of the molecule is Cc1cccc(Cl)c1S(=O)(=O)NC(CC(C)n1cccc1C#N)C(=O)NCc1cccc(Br)c1. The molecule has 0 bridgehead atoms. The number of halogens is 2. The molecule has 2 N–H and O–H groups in total. The predicted molar refractivity (Wildman–Crippen MR) is 135 cm³/mol. The smallest absolute Gasteiger partial charge is 0.243 e. The topological polar surface area (TPSA) is 104 Å². The minimum absolute atomic E-state index is 0.0622. The normalized spacial score (nSPS) is 13.1. The van der Waals surface area contributed by atoms with Crippen molar-refractivity contribution < 1.29 is 13.2 Å². The Morgan fingerprint density at radius 3 is 2.62 bits per heavy atom. The zero-order valence-electron chi connectivity index (χ0n) is 18.6. The summed E-state index contributed by atoms with van der Waals surface area (Å²) in [5, 5.41) is 12.2. The minimum atomic E-state index is -4.11. The summed E-state index contributed by atoms with van der Waals surface area (Å²) in [6, 6.07) is 16.3. The van der Waals surface area contributed by atoms with Gasteiger partial charge in [-0.1, -0.05) is 51.8 Å². The lowest BCUT2D eigenvalue weighted by atomic mass is 10.1. The van der Waals surface area contributed by atoms with Crippen LogP contribution in [0.25, 0.3) is 0 Å². The Hall–Kier alpha value is -2.64. The molecule has 1 aromatic heterocycles. The molecule has 178 valence electrons. The number of nitrogens with zero attached hydrogens (tertiary/aromatic N) is 2. The lowest BCUT2D eigenvalue weighted by molar-refractivity contribution is -0.123. The van der Waals surface area contributed by atoms with E-state index in [0.29, 0.717) is 11.3 Å². The van der Waals surface area contributed by atoms with Gasteiger partial charge >= 0.3 is 0 Å². The fourth-order valence-corrected chi connectivity index (χ4v) is 6.18. The molecule has 0 fully saturated rings. The second kappa shape index (κ2) is 11.2. The Bertz CT molecular complexity index is 1310. The van der Waals surface area contributed by atoms with Crippen LogP contribution >= 0.6 is 27.5 Å². The highest BCUT2D eigenvalue weighted by Crippen LogP contribution is 2.26. The van der Waals surface area contributed by atoms with Gasteiger partial charge in [-0.25, -0.2) is 8.42 Å². The number of aryl methyl sites for hydroxylation is 1. The maximum absolute atomic E-state index is 13.3. The molecular formula is C24H24BrClN4O3S. The number of nitriles is 1. The van der Waals surface area contributed by atoms with Crippen molar-refractivity contribution in [1.29, 1.82) is 5.26 Å². The first kappa shape index (κ1) is 26.0. The van der Waals surface area contributed by atoms with Crippen LogP contribution in [0.15, 0.2) is 70.2 Å². The zero-order chi connectivity index (χ0) is 24.9. The van der Waals surface area contributed by atoms with Gasteiger partial charge in [-0.05, 0) is 61.7 Å². The van der Waals surface area contributed by atoms with Crippen molar-refractivity contribution in [2.45, 2.75) is 43.8 Å². The number of sulfonamides is 1. The maximum Gasteiger partial charge on any atom is 0.243 e. The number of rotatable bonds is 9. The highest BCUT2D eigenvalue weighted by atomic mass is 79.9. The first-order valence-corrected chi connectivity index (χ1v) is 13.1. The van der Waals surface area contributed by atoms with Crippen molar-refractivity contribution in [2.24, 2.45) is 0 Å². The van der Waals surface area contributed by atoms with Crippen molar-refractivity contribution in [3.8, 4) is 6.07 Å². The number of benzene rings is 2. The van der Waals surface area contributed by atoms with Crippen LogP contribution < -0.4 is 10.0 Å². The Morgan fingerprint density at radius 2 is 1.94 bits per heavy atom. The first-order chi connectivity index (χ1) is 16.1. The molecule has 3 rings (SSSR count). The van der Waals surface area contributed by atoms with Gasteiger partial charge in [-0.3, -0.25) is 4.79 Å². The van der Waals surface area contributed by atoms with Crippen LogP contribution in [0.5, 0.6) is 0 Å². The number of amides is 1. The molecular weight excluding hydrogens is 540 g/mol. The van der Waals surface area contributed by atoms with E-state index in [4.69, 9.17) is 11.6 Å². The van der Waals surface area contributed by atoms with Gasteiger partial charge in [0.25, 0.3) is 0 Å². The van der Waals surface area contributed by atoms with E-state index in [9.17, 15) is 18.5 Å². The Balaban J connectivity index is 1.87. The summed E-state index contributed by atoms with van der Waals surface area (Å²) in [5.74, 6) is -0.481. The third kappa shape index (κ3) is 6.27. The average Bonchev–Trinajstić information content (AvgIpc) is 3.26. The predicted octanol–water partition coefficient (Wildman–Crippen LogP) is 4.70. The molecule has 1 amide bonds. The van der Waals surface area contributed by atoms with Crippen molar-refractivity contribution in [3.63, 3.8) is 0 Å². The van der Waals surface area contributed by atoms with Gasteiger partial charge in [-0.15, -0.1) is 0 Å². The maximum atomic E-state index is 13.3. The first-order valence-electron chi connectivity index (χ1n) is 10.5. The quantitative estimate of drug-likeness (QED) is 0.394. The molecule has 0 saturated carbocycles. The van der Waals surface area contributed by atoms with Crippen molar-refractivity contribution in [2.75, 3.05) is 0 Å². The van der Waals surface area contributed by atoms with Crippen molar-refractivity contribution >= 4 is 43.5 Å². The van der Waals surface area contributed by atoms with Crippen molar-refractivity contribution in [3.05, 3.63) is 87.1 Å². The molecule has 0 saturated heterocycles. The molecule has 2 atom stereocenters. The van der Waals surface area contributed by atoms with Gasteiger partial charge in [0.2, 0.25) is 15.9 Å². The summed E-state index contributed by atoms with van der Waals surface area (Å²) in [4.78, 5) is 13.1. The molecule has 0 spiro atoms. The lowest BCUT2D eigenvalue weighted by Gasteiger charge is -2.24. The van der Waals surface area contributed by atoms with Gasteiger partial charge in [0.05, 0.1) is 5.02 Å². The van der Waals surface area contributed by atoms with E-state index >= 15 is 0 Å². The zero-order valence-corrected chi connectivity index (χ0v) is 21.8. The molecule has 10 heteroatoms. The number of nitrogens with one attached hydrogen (secondary N) is 2. The summed E-state index contributed by atoms with van der Waals surface area (Å²) in [6.45, 7) is 3.69. The van der Waals surface area contributed by atoms with Crippen LogP contribution in [-0.4, -0.2) is 24.9 Å². The largest absolute Gasteiger partial charge is 0.351 e. The molecule has 0 aliphatic carbocycles. The third-order valence-electron chi connectivity index (χ3n) is 5.35. The summed E-state index contributed by atoms with van der Waals surface area (Å²) < 4.78 is 31.6. The van der Waals surface area contributed by atoms with Gasteiger partial charge in [-0.2, -0.15) is 9.98 Å². The second-order valence-electron chi connectivity index (χ2n) is 7.90. The number of aromatic nitrogens is 1. The summed E-state index contributed by atoms with van der Waals surface area (Å²) in [5.41, 5.74) is 1.75. The second-order valence-corrected chi connectivity index (χ2v) is 10.9. The molecule has 0 radical (unpaired) electrons. The van der Waals surface area contributed by atoms with Crippen LogP contribution in [0.3, 0.4) is 0 Å². The minimum Gasteiger partial charge on any atom is -0.351 e. The lowest BCUT2D eigenvalue weighted by Crippen LogP contribution is -2.47. The molecule has 0 aliphatic heterocycles. The van der Waals surface area contributed by atoms with Gasteiger partial charge < -0.3 is 9.88 Å². The van der Waals surface area contributed by atoms with Crippen LogP contribution in [0.4, 0.5) is 0 Å². The van der Waals surface area contributed by atoms with E-state index in [-0.39, 0.29) is 28.9 Å². The molecule has 3 aromatic rings. The van der Waals surface area contributed by atoms with Gasteiger partial charge in [0.1, 0.15) is 22.7 Å². The molecule has 7 nitrogen and oxygen atoms in total. The monoisotopic (exact) mass is 562 g/mol. The fourth-order valence-electron chi connectivity index (χ4n) is 3.70. The van der Waals surface area contributed by atoms with Crippen LogP contribution in [0.2, 0.25) is 5.02 Å². The number of hydrogen-bond donors (Lipinski definition) is 2. The van der Waals surface area contributed by atoms with E-state index < -0.39 is 22.0 Å². The van der Waals surface area contributed by atoms with Crippen molar-refractivity contribution in [1.82, 2.24) is 14.6 Å².